The number of nitrogens with one attached hydrogen (secondary N) is 1. The van der Waals surface area contributed by atoms with E-state index in [4.69, 9.17) is 15.3 Å². The minimum absolute atomic E-state index is 0.0752. The van der Waals surface area contributed by atoms with Crippen molar-refractivity contribution in [1.82, 2.24) is 4.90 Å². The maximum Gasteiger partial charge on any atom is 0.410 e. The van der Waals surface area contributed by atoms with Gasteiger partial charge in [0.15, 0.2) is 0 Å². The molecule has 2 rings (SSSR count). The molecule has 1 amide bonds. The predicted molar refractivity (Wildman–Crippen MR) is 98.7 cm³/mol. The molecule has 1 saturated heterocycles. The summed E-state index contributed by atoms with van der Waals surface area (Å²) in [6, 6.07) is 7.76. The number of anilines is 2. The molecule has 0 spiro atoms. The first-order valence-electron chi connectivity index (χ1n) is 8.40. The van der Waals surface area contributed by atoms with Crippen LogP contribution in [0.5, 0.6) is 0 Å². The number of halogens is 1. The van der Waals surface area contributed by atoms with E-state index in [0.717, 1.165) is 0 Å². The highest BCUT2D eigenvalue weighted by atomic mass is 19.1. The van der Waals surface area contributed by atoms with E-state index >= 15 is 0 Å². The van der Waals surface area contributed by atoms with Gasteiger partial charge in [0.2, 0.25) is 5.71 Å². The first-order chi connectivity index (χ1) is 12.7. The van der Waals surface area contributed by atoms with E-state index in [0.29, 0.717) is 31.9 Å². The monoisotopic (exact) mass is 372 g/mol. The van der Waals surface area contributed by atoms with Gasteiger partial charge in [-0.1, -0.05) is 6.07 Å². The van der Waals surface area contributed by atoms with E-state index in [2.05, 4.69) is 10.5 Å². The van der Waals surface area contributed by atoms with E-state index in [-0.39, 0.29) is 11.8 Å². The van der Waals surface area contributed by atoms with Gasteiger partial charge in [-0.25, -0.2) is 9.18 Å². The summed E-state index contributed by atoms with van der Waals surface area (Å²) in [6.07, 6.45) is -0.378. The number of nitrogens with zero attached hydrogens (tertiary/aromatic N) is 5. The minimum Gasteiger partial charge on any atom is -0.444 e. The van der Waals surface area contributed by atoms with Crippen molar-refractivity contribution in [3.8, 4) is 12.1 Å². The number of amides is 1. The largest absolute Gasteiger partial charge is 0.444 e. The van der Waals surface area contributed by atoms with Crippen LogP contribution >= 0.6 is 0 Å². The van der Waals surface area contributed by atoms with Crippen LogP contribution in [0, 0.1) is 28.5 Å². The lowest BCUT2D eigenvalue weighted by Crippen LogP contribution is -2.50. The summed E-state index contributed by atoms with van der Waals surface area (Å²) in [5.41, 5.74) is 2.11. The van der Waals surface area contributed by atoms with E-state index in [1.54, 1.807) is 29.2 Å². The number of hydrogen-bond donors (Lipinski definition) is 1. The summed E-state index contributed by atoms with van der Waals surface area (Å²) in [6.45, 7) is 7.23. The molecule has 1 aliphatic rings. The quantitative estimate of drug-likeness (QED) is 0.646. The van der Waals surface area contributed by atoms with E-state index in [1.807, 2.05) is 25.7 Å². The van der Waals surface area contributed by atoms with Crippen LogP contribution in [0.2, 0.25) is 0 Å². The van der Waals surface area contributed by atoms with Gasteiger partial charge in [-0.15, -0.1) is 0 Å². The Morgan fingerprint density at radius 3 is 2.41 bits per heavy atom. The highest BCUT2D eigenvalue weighted by Gasteiger charge is 2.27. The predicted octanol–water partition coefficient (Wildman–Crippen LogP) is 2.70. The third kappa shape index (κ3) is 5.32. The molecule has 8 nitrogen and oxygen atoms in total. The van der Waals surface area contributed by atoms with Crippen molar-refractivity contribution in [2.75, 3.05) is 36.5 Å². The number of piperazine rings is 1. The Hall–Kier alpha value is -3.33. The van der Waals surface area contributed by atoms with Crippen LogP contribution in [0.3, 0.4) is 0 Å². The molecule has 1 N–H and O–H groups in total. The second-order valence-electron chi connectivity index (χ2n) is 6.88. The third-order valence-corrected chi connectivity index (χ3v) is 3.75. The maximum atomic E-state index is 14.2. The topological polar surface area (TPSA) is 105 Å². The standard InChI is InChI=1S/C18H21FN6O2/c1-18(2,3)27-17(26)25-9-7-24(8-10-25)15-6-4-5-14(19)16(15)23-22-13(11-20)12-21/h4-6,23H,7-10H2,1-3H3. The van der Waals surface area contributed by atoms with Crippen molar-refractivity contribution in [1.29, 1.82) is 10.5 Å². The van der Waals surface area contributed by atoms with Crippen molar-refractivity contribution in [3.05, 3.63) is 24.0 Å². The summed E-state index contributed by atoms with van der Waals surface area (Å²) >= 11 is 0. The van der Waals surface area contributed by atoms with Crippen LogP contribution in [0.25, 0.3) is 0 Å². The lowest BCUT2D eigenvalue weighted by Gasteiger charge is -2.37. The highest BCUT2D eigenvalue weighted by Crippen LogP contribution is 2.30. The van der Waals surface area contributed by atoms with Gasteiger partial charge >= 0.3 is 6.09 Å². The molecule has 0 unspecified atom stereocenters. The zero-order chi connectivity index (χ0) is 20.0. The first kappa shape index (κ1) is 20.0. The Bertz CT molecular complexity index is 795. The number of carbonyl (C=O) groups is 1. The molecule has 0 bridgehead atoms. The Morgan fingerprint density at radius 1 is 1.22 bits per heavy atom. The molecular formula is C18H21FN6O2. The van der Waals surface area contributed by atoms with E-state index < -0.39 is 17.1 Å². The number of carbonyl (C=O) groups excluding carboxylic acids is 1. The van der Waals surface area contributed by atoms with Crippen LogP contribution < -0.4 is 10.3 Å². The van der Waals surface area contributed by atoms with Crippen molar-refractivity contribution in [2.24, 2.45) is 5.10 Å². The van der Waals surface area contributed by atoms with Gasteiger partial charge in [0, 0.05) is 26.2 Å². The Morgan fingerprint density at radius 2 is 1.85 bits per heavy atom. The van der Waals surface area contributed by atoms with Crippen molar-refractivity contribution < 1.29 is 13.9 Å². The minimum atomic E-state index is -0.564. The Labute approximate surface area is 157 Å². The lowest BCUT2D eigenvalue weighted by atomic mass is 10.2. The normalized spacial score (nSPS) is 14.0. The van der Waals surface area contributed by atoms with Gasteiger partial charge in [0.05, 0.1) is 5.69 Å². The Balaban J connectivity index is 2.11. The molecule has 0 saturated carbocycles. The fourth-order valence-corrected chi connectivity index (χ4v) is 2.53. The zero-order valence-electron chi connectivity index (χ0n) is 15.5. The van der Waals surface area contributed by atoms with E-state index in [1.165, 1.54) is 6.07 Å². The smallest absolute Gasteiger partial charge is 0.410 e. The molecule has 9 heteroatoms. The second-order valence-corrected chi connectivity index (χ2v) is 6.88. The SMILES string of the molecule is CC(C)(C)OC(=O)N1CCN(c2cccc(F)c2NN=C(C#N)C#N)CC1. The molecule has 1 aromatic carbocycles. The summed E-state index contributed by atoms with van der Waals surface area (Å²) in [5, 5.41) is 21.1. The maximum absolute atomic E-state index is 14.2. The summed E-state index contributed by atoms with van der Waals surface area (Å²) < 4.78 is 19.6. The molecule has 1 aliphatic heterocycles. The molecule has 0 atom stereocenters. The van der Waals surface area contributed by atoms with Gasteiger partial charge in [0.1, 0.15) is 29.2 Å². The molecule has 142 valence electrons. The lowest BCUT2D eigenvalue weighted by molar-refractivity contribution is 0.0240. The van der Waals surface area contributed by atoms with Gasteiger partial charge in [-0.05, 0) is 32.9 Å². The molecule has 27 heavy (non-hydrogen) atoms. The van der Waals surface area contributed by atoms with Crippen LogP contribution in [0.1, 0.15) is 20.8 Å². The van der Waals surface area contributed by atoms with Crippen LogP contribution in [-0.4, -0.2) is 48.5 Å². The van der Waals surface area contributed by atoms with Gasteiger partial charge in [-0.2, -0.15) is 15.6 Å². The number of hydrogen-bond acceptors (Lipinski definition) is 7. The van der Waals surface area contributed by atoms with Crippen LogP contribution in [0.4, 0.5) is 20.6 Å². The van der Waals surface area contributed by atoms with Crippen LogP contribution in [-0.2, 0) is 4.74 Å². The molecule has 1 heterocycles. The number of benzene rings is 1. The fraction of sp³-hybridized carbons (Fsp3) is 0.444. The first-order valence-corrected chi connectivity index (χ1v) is 8.40. The number of hydrazone groups is 1. The molecule has 1 aromatic rings. The molecule has 0 aromatic heterocycles. The third-order valence-electron chi connectivity index (χ3n) is 3.75. The van der Waals surface area contributed by atoms with Gasteiger partial charge in [-0.3, -0.25) is 5.43 Å². The average Bonchev–Trinajstić information content (AvgIpc) is 2.62. The molecule has 0 aliphatic carbocycles. The highest BCUT2D eigenvalue weighted by molar-refractivity contribution is 6.10. The average molecular weight is 372 g/mol. The Kier molecular flexibility index (Phi) is 6.19. The summed E-state index contributed by atoms with van der Waals surface area (Å²) in [5.74, 6) is -0.555. The molecule has 0 radical (unpaired) electrons. The van der Waals surface area contributed by atoms with Gasteiger partial charge < -0.3 is 14.5 Å². The second kappa shape index (κ2) is 8.37. The van der Waals surface area contributed by atoms with Gasteiger partial charge in [0.25, 0.3) is 0 Å². The number of ether oxygens (including phenoxy) is 1. The van der Waals surface area contributed by atoms with Crippen molar-refractivity contribution in [3.63, 3.8) is 0 Å². The fourth-order valence-electron chi connectivity index (χ4n) is 2.53. The van der Waals surface area contributed by atoms with Crippen LogP contribution in [0.15, 0.2) is 23.3 Å². The number of para-hydroxylation sites is 1. The number of rotatable bonds is 3. The number of nitriles is 2. The molecule has 1 fully saturated rings. The van der Waals surface area contributed by atoms with Crippen molar-refractivity contribution >= 4 is 23.2 Å². The summed E-state index contributed by atoms with van der Waals surface area (Å²) in [7, 11) is 0. The summed E-state index contributed by atoms with van der Waals surface area (Å²) in [4.78, 5) is 15.7. The molecular weight excluding hydrogens is 351 g/mol. The zero-order valence-corrected chi connectivity index (χ0v) is 15.5. The van der Waals surface area contributed by atoms with Crippen molar-refractivity contribution in [2.45, 2.75) is 26.4 Å². The van der Waals surface area contributed by atoms with E-state index in [9.17, 15) is 9.18 Å².